The summed E-state index contributed by atoms with van der Waals surface area (Å²) in [6.07, 6.45) is 4.15. The van der Waals surface area contributed by atoms with Crippen molar-refractivity contribution in [1.82, 2.24) is 5.32 Å². The molecule has 5 nitrogen and oxygen atoms in total. The number of sulfonamides is 1. The highest BCUT2D eigenvalue weighted by Crippen LogP contribution is 2.30. The van der Waals surface area contributed by atoms with Crippen LogP contribution in [0.15, 0.2) is 11.0 Å². The summed E-state index contributed by atoms with van der Waals surface area (Å²) in [5, 5.41) is 8.11. The molecule has 0 spiro atoms. The minimum atomic E-state index is -3.76. The molecule has 0 radical (unpaired) electrons. The van der Waals surface area contributed by atoms with E-state index in [1.54, 1.807) is 6.92 Å². The molecule has 0 unspecified atom stereocenters. The summed E-state index contributed by atoms with van der Waals surface area (Å²) in [6.45, 7) is 3.68. The molecule has 1 amide bonds. The number of primary sulfonamides is 1. The quantitative estimate of drug-likeness (QED) is 0.891. The van der Waals surface area contributed by atoms with Crippen molar-refractivity contribution in [3.05, 3.63) is 15.8 Å². The summed E-state index contributed by atoms with van der Waals surface area (Å²) >= 11 is 1.16. The van der Waals surface area contributed by atoms with E-state index in [4.69, 9.17) is 5.14 Å². The van der Waals surface area contributed by atoms with Crippen LogP contribution in [-0.2, 0) is 10.0 Å². The first-order chi connectivity index (χ1) is 8.71. The zero-order valence-corrected chi connectivity index (χ0v) is 12.7. The highest BCUT2D eigenvalue weighted by molar-refractivity contribution is 7.89. The third kappa shape index (κ3) is 3.16. The van der Waals surface area contributed by atoms with E-state index in [1.807, 2.05) is 6.92 Å². The molecule has 0 aliphatic heterocycles. The zero-order chi connectivity index (χ0) is 14.3. The van der Waals surface area contributed by atoms with Crippen LogP contribution in [0.5, 0.6) is 0 Å². The van der Waals surface area contributed by atoms with Crippen LogP contribution in [0.4, 0.5) is 0 Å². The minimum Gasteiger partial charge on any atom is -0.346 e. The normalized spacial score (nSPS) is 18.5. The maximum atomic E-state index is 12.2. The number of thiophene rings is 1. The molecular weight excluding hydrogens is 284 g/mol. The van der Waals surface area contributed by atoms with E-state index >= 15 is 0 Å². The molecule has 1 heterocycles. The molecule has 0 atom stereocenters. The summed E-state index contributed by atoms with van der Waals surface area (Å²) in [4.78, 5) is 13.1. The summed E-state index contributed by atoms with van der Waals surface area (Å²) in [5.74, 6) is -0.215. The fourth-order valence-electron chi connectivity index (χ4n) is 2.48. The molecule has 0 aromatic carbocycles. The number of aryl methyl sites for hydroxylation is 1. The van der Waals surface area contributed by atoms with E-state index in [0.29, 0.717) is 9.75 Å². The molecule has 0 bridgehead atoms. The molecule has 1 aromatic heterocycles. The van der Waals surface area contributed by atoms with Gasteiger partial charge in [0.25, 0.3) is 5.91 Å². The standard InChI is InChI=1S/C12H18N2O3S2/c1-8-10(19(13,16)17)7-9(18-8)11(15)14-12(2)5-3-4-6-12/h7H,3-6H2,1-2H3,(H,14,15)(H2,13,16,17). The second kappa shape index (κ2) is 4.88. The highest BCUT2D eigenvalue weighted by Gasteiger charge is 2.31. The van der Waals surface area contributed by atoms with E-state index in [1.165, 1.54) is 6.07 Å². The third-order valence-electron chi connectivity index (χ3n) is 3.52. The van der Waals surface area contributed by atoms with Gasteiger partial charge in [-0.05, 0) is 32.8 Å². The van der Waals surface area contributed by atoms with E-state index in [0.717, 1.165) is 37.0 Å². The van der Waals surface area contributed by atoms with E-state index in [9.17, 15) is 13.2 Å². The number of rotatable bonds is 3. The van der Waals surface area contributed by atoms with Crippen molar-refractivity contribution >= 4 is 27.3 Å². The molecule has 7 heteroatoms. The summed E-state index contributed by atoms with van der Waals surface area (Å²) < 4.78 is 22.7. The van der Waals surface area contributed by atoms with Crippen molar-refractivity contribution in [2.24, 2.45) is 5.14 Å². The van der Waals surface area contributed by atoms with Crippen LogP contribution in [0.3, 0.4) is 0 Å². The Hall–Kier alpha value is -0.920. The van der Waals surface area contributed by atoms with Crippen LogP contribution in [0.2, 0.25) is 0 Å². The fourth-order valence-corrected chi connectivity index (χ4v) is 4.52. The van der Waals surface area contributed by atoms with Gasteiger partial charge in [0.2, 0.25) is 10.0 Å². The van der Waals surface area contributed by atoms with Gasteiger partial charge in [-0.15, -0.1) is 11.3 Å². The average molecular weight is 302 g/mol. The summed E-state index contributed by atoms with van der Waals surface area (Å²) in [6, 6.07) is 1.36. The van der Waals surface area contributed by atoms with Crippen molar-refractivity contribution in [1.29, 1.82) is 0 Å². The Morgan fingerprint density at radius 2 is 2.00 bits per heavy atom. The maximum absolute atomic E-state index is 12.2. The van der Waals surface area contributed by atoms with Gasteiger partial charge < -0.3 is 5.32 Å². The summed E-state index contributed by atoms with van der Waals surface area (Å²) in [7, 11) is -3.76. The lowest BCUT2D eigenvalue weighted by atomic mass is 10.0. The van der Waals surface area contributed by atoms with Crippen molar-refractivity contribution in [2.45, 2.75) is 50.0 Å². The Morgan fingerprint density at radius 3 is 2.47 bits per heavy atom. The molecule has 1 aliphatic rings. The number of carbonyl (C=O) groups excluding carboxylic acids is 1. The van der Waals surface area contributed by atoms with E-state index < -0.39 is 10.0 Å². The second-order valence-corrected chi connectivity index (χ2v) is 8.08. The second-order valence-electron chi connectivity index (χ2n) is 5.30. The van der Waals surface area contributed by atoms with Gasteiger partial charge in [0.05, 0.1) is 9.77 Å². The molecule has 0 saturated heterocycles. The van der Waals surface area contributed by atoms with Gasteiger partial charge in [-0.2, -0.15) is 0 Å². The van der Waals surface area contributed by atoms with Gasteiger partial charge in [-0.3, -0.25) is 4.79 Å². The van der Waals surface area contributed by atoms with Gasteiger partial charge in [0.1, 0.15) is 0 Å². The largest absolute Gasteiger partial charge is 0.346 e. The monoisotopic (exact) mass is 302 g/mol. The average Bonchev–Trinajstić information content (AvgIpc) is 2.84. The lowest BCUT2D eigenvalue weighted by Crippen LogP contribution is -2.43. The van der Waals surface area contributed by atoms with Crippen molar-refractivity contribution < 1.29 is 13.2 Å². The number of nitrogens with one attached hydrogen (secondary N) is 1. The van der Waals surface area contributed by atoms with Crippen LogP contribution < -0.4 is 10.5 Å². The lowest BCUT2D eigenvalue weighted by molar-refractivity contribution is 0.0912. The first-order valence-corrected chi connectivity index (χ1v) is 8.53. The minimum absolute atomic E-state index is 0.0409. The number of hydrogen-bond donors (Lipinski definition) is 2. The van der Waals surface area contributed by atoms with Crippen LogP contribution in [0, 0.1) is 6.92 Å². The topological polar surface area (TPSA) is 89.3 Å². The predicted octanol–water partition coefficient (Wildman–Crippen LogP) is 1.77. The summed E-state index contributed by atoms with van der Waals surface area (Å²) in [5.41, 5.74) is -0.170. The zero-order valence-electron chi connectivity index (χ0n) is 11.0. The SMILES string of the molecule is Cc1sc(C(=O)NC2(C)CCCC2)cc1S(N)(=O)=O. The number of hydrogen-bond acceptors (Lipinski definition) is 4. The van der Waals surface area contributed by atoms with Gasteiger partial charge in [0.15, 0.2) is 0 Å². The number of amides is 1. The van der Waals surface area contributed by atoms with Crippen molar-refractivity contribution in [3.8, 4) is 0 Å². The van der Waals surface area contributed by atoms with Crippen molar-refractivity contribution in [3.63, 3.8) is 0 Å². The molecule has 1 fully saturated rings. The van der Waals surface area contributed by atoms with Crippen LogP contribution in [0.1, 0.15) is 47.2 Å². The Balaban J connectivity index is 2.21. The molecule has 19 heavy (non-hydrogen) atoms. The Kier molecular flexibility index (Phi) is 3.72. The smallest absolute Gasteiger partial charge is 0.261 e. The number of carbonyl (C=O) groups is 1. The lowest BCUT2D eigenvalue weighted by Gasteiger charge is -2.24. The molecule has 3 N–H and O–H groups in total. The predicted molar refractivity (Wildman–Crippen MR) is 74.8 cm³/mol. The van der Waals surface area contributed by atoms with Crippen molar-refractivity contribution in [2.75, 3.05) is 0 Å². The molecular formula is C12H18N2O3S2. The molecule has 2 rings (SSSR count). The van der Waals surface area contributed by atoms with Gasteiger partial charge in [-0.1, -0.05) is 12.8 Å². The van der Waals surface area contributed by atoms with E-state index in [-0.39, 0.29) is 16.3 Å². The molecule has 1 aliphatic carbocycles. The van der Waals surface area contributed by atoms with Gasteiger partial charge >= 0.3 is 0 Å². The Bertz CT molecular complexity index is 598. The first kappa shape index (κ1) is 14.5. The van der Waals surface area contributed by atoms with E-state index in [2.05, 4.69) is 5.32 Å². The van der Waals surface area contributed by atoms with Crippen LogP contribution >= 0.6 is 11.3 Å². The highest BCUT2D eigenvalue weighted by atomic mass is 32.2. The van der Waals surface area contributed by atoms with Gasteiger partial charge in [0, 0.05) is 10.4 Å². The first-order valence-electron chi connectivity index (χ1n) is 6.17. The van der Waals surface area contributed by atoms with Crippen LogP contribution in [0.25, 0.3) is 0 Å². The van der Waals surface area contributed by atoms with Crippen LogP contribution in [-0.4, -0.2) is 19.9 Å². The Labute approximate surface area is 117 Å². The number of nitrogens with two attached hydrogens (primary N) is 1. The third-order valence-corrected chi connectivity index (χ3v) is 5.74. The maximum Gasteiger partial charge on any atom is 0.261 e. The molecule has 1 aromatic rings. The fraction of sp³-hybridized carbons (Fsp3) is 0.583. The van der Waals surface area contributed by atoms with Gasteiger partial charge in [-0.25, -0.2) is 13.6 Å². The molecule has 1 saturated carbocycles. The molecule has 106 valence electrons. The Morgan fingerprint density at radius 1 is 1.42 bits per heavy atom.